The van der Waals surface area contributed by atoms with E-state index in [0.717, 1.165) is 25.1 Å². The van der Waals surface area contributed by atoms with Crippen LogP contribution in [0.4, 0.5) is 10.1 Å². The SMILES string of the molecule is C[C@H](CN)Cn1cc(F)cc([C@H]2CCCN2c2cccnc2)c1=O. The van der Waals surface area contributed by atoms with Gasteiger partial charge in [0.25, 0.3) is 5.56 Å². The number of nitrogens with zero attached hydrogens (tertiary/aromatic N) is 3. The van der Waals surface area contributed by atoms with Gasteiger partial charge in [-0.2, -0.15) is 0 Å². The third-order valence-electron chi connectivity index (χ3n) is 4.58. The predicted molar refractivity (Wildman–Crippen MR) is 92.4 cm³/mol. The van der Waals surface area contributed by atoms with Gasteiger partial charge in [-0.15, -0.1) is 0 Å². The number of halogens is 1. The normalized spacial score (nSPS) is 18.8. The van der Waals surface area contributed by atoms with E-state index in [1.807, 2.05) is 19.1 Å². The number of aromatic nitrogens is 2. The zero-order valence-corrected chi connectivity index (χ0v) is 13.9. The molecule has 0 aromatic carbocycles. The van der Waals surface area contributed by atoms with Crippen LogP contribution in [0.3, 0.4) is 0 Å². The van der Waals surface area contributed by atoms with Gasteiger partial charge in [0.15, 0.2) is 0 Å². The van der Waals surface area contributed by atoms with E-state index in [2.05, 4.69) is 9.88 Å². The lowest BCUT2D eigenvalue weighted by molar-refractivity contribution is 0.465. The molecule has 0 spiro atoms. The Morgan fingerprint density at radius 3 is 3.04 bits per heavy atom. The molecule has 3 heterocycles. The third kappa shape index (κ3) is 3.33. The van der Waals surface area contributed by atoms with Gasteiger partial charge in [-0.25, -0.2) is 4.39 Å². The summed E-state index contributed by atoms with van der Waals surface area (Å²) < 4.78 is 15.6. The van der Waals surface area contributed by atoms with Crippen molar-refractivity contribution in [2.24, 2.45) is 11.7 Å². The molecule has 2 aromatic rings. The maximum absolute atomic E-state index is 14.1. The summed E-state index contributed by atoms with van der Waals surface area (Å²) in [6, 6.07) is 5.11. The Labute approximate surface area is 140 Å². The van der Waals surface area contributed by atoms with E-state index in [-0.39, 0.29) is 23.3 Å². The van der Waals surface area contributed by atoms with Gasteiger partial charge >= 0.3 is 0 Å². The van der Waals surface area contributed by atoms with E-state index in [4.69, 9.17) is 5.73 Å². The van der Waals surface area contributed by atoms with Crippen LogP contribution in [0.25, 0.3) is 0 Å². The number of hydrogen-bond donors (Lipinski definition) is 1. The van der Waals surface area contributed by atoms with Crippen molar-refractivity contribution in [3.63, 3.8) is 0 Å². The van der Waals surface area contributed by atoms with Crippen molar-refractivity contribution in [3.05, 3.63) is 58.5 Å². The highest BCUT2D eigenvalue weighted by molar-refractivity contribution is 5.47. The summed E-state index contributed by atoms with van der Waals surface area (Å²) in [7, 11) is 0. The van der Waals surface area contributed by atoms with Crippen LogP contribution in [-0.2, 0) is 6.54 Å². The fourth-order valence-corrected chi connectivity index (χ4v) is 3.33. The summed E-state index contributed by atoms with van der Waals surface area (Å²) >= 11 is 0. The van der Waals surface area contributed by atoms with E-state index < -0.39 is 0 Å². The number of nitrogens with two attached hydrogens (primary N) is 1. The first-order valence-electron chi connectivity index (χ1n) is 8.36. The van der Waals surface area contributed by atoms with Crippen LogP contribution in [0.5, 0.6) is 0 Å². The van der Waals surface area contributed by atoms with Crippen LogP contribution in [0.1, 0.15) is 31.4 Å². The molecule has 0 amide bonds. The highest BCUT2D eigenvalue weighted by Gasteiger charge is 2.29. The molecule has 0 saturated carbocycles. The highest BCUT2D eigenvalue weighted by Crippen LogP contribution is 2.34. The molecule has 0 radical (unpaired) electrons. The van der Waals surface area contributed by atoms with Gasteiger partial charge in [0, 0.05) is 31.0 Å². The predicted octanol–water partition coefficient (Wildman–Crippen LogP) is 2.32. The minimum atomic E-state index is -0.383. The van der Waals surface area contributed by atoms with Crippen molar-refractivity contribution in [2.45, 2.75) is 32.4 Å². The van der Waals surface area contributed by atoms with Gasteiger partial charge in [0.1, 0.15) is 5.82 Å². The van der Waals surface area contributed by atoms with Crippen molar-refractivity contribution in [1.29, 1.82) is 0 Å². The molecule has 2 N–H and O–H groups in total. The Morgan fingerprint density at radius 2 is 2.33 bits per heavy atom. The molecule has 1 aliphatic rings. The average Bonchev–Trinajstić information content (AvgIpc) is 3.08. The monoisotopic (exact) mass is 330 g/mol. The molecular weight excluding hydrogens is 307 g/mol. The number of anilines is 1. The van der Waals surface area contributed by atoms with E-state index in [0.29, 0.717) is 18.7 Å². The van der Waals surface area contributed by atoms with Crippen LogP contribution in [0.2, 0.25) is 0 Å². The van der Waals surface area contributed by atoms with Crippen molar-refractivity contribution >= 4 is 5.69 Å². The lowest BCUT2D eigenvalue weighted by Crippen LogP contribution is -2.33. The number of pyridine rings is 2. The van der Waals surface area contributed by atoms with E-state index in [1.165, 1.54) is 16.8 Å². The third-order valence-corrected chi connectivity index (χ3v) is 4.58. The zero-order valence-electron chi connectivity index (χ0n) is 13.9. The maximum atomic E-state index is 14.1. The minimum Gasteiger partial charge on any atom is -0.363 e. The Morgan fingerprint density at radius 1 is 1.50 bits per heavy atom. The van der Waals surface area contributed by atoms with Gasteiger partial charge in [0.05, 0.1) is 17.9 Å². The van der Waals surface area contributed by atoms with Gasteiger partial charge in [-0.05, 0) is 43.5 Å². The standard InChI is InChI=1S/C18H23FN4O/c1-13(9-20)11-22-12-14(19)8-16(18(22)24)17-5-3-7-23(17)15-4-2-6-21-10-15/h2,4,6,8,10,12-13,17H,3,5,7,9,11,20H2,1H3/t13-,17-/m1/s1. The number of hydrogen-bond acceptors (Lipinski definition) is 4. The van der Waals surface area contributed by atoms with Gasteiger partial charge in [0.2, 0.25) is 0 Å². The van der Waals surface area contributed by atoms with E-state index in [1.54, 1.807) is 12.4 Å². The second-order valence-electron chi connectivity index (χ2n) is 6.47. The highest BCUT2D eigenvalue weighted by atomic mass is 19.1. The Hall–Kier alpha value is -2.21. The first-order valence-corrected chi connectivity index (χ1v) is 8.36. The van der Waals surface area contributed by atoms with Crippen molar-refractivity contribution in [2.75, 3.05) is 18.0 Å². The molecule has 1 fully saturated rings. The molecule has 5 nitrogen and oxygen atoms in total. The largest absolute Gasteiger partial charge is 0.363 e. The Balaban J connectivity index is 1.97. The summed E-state index contributed by atoms with van der Waals surface area (Å²) in [6.45, 7) is 3.68. The molecule has 1 saturated heterocycles. The molecule has 1 aliphatic heterocycles. The fraction of sp³-hybridized carbons (Fsp3) is 0.444. The summed E-state index contributed by atoms with van der Waals surface area (Å²) in [5.41, 5.74) is 6.99. The Kier molecular flexibility index (Phi) is 4.94. The van der Waals surface area contributed by atoms with Crippen LogP contribution in [0, 0.1) is 11.7 Å². The lowest BCUT2D eigenvalue weighted by Gasteiger charge is -2.27. The van der Waals surface area contributed by atoms with Gasteiger partial charge in [-0.1, -0.05) is 6.92 Å². The molecule has 0 bridgehead atoms. The van der Waals surface area contributed by atoms with Crippen LogP contribution in [-0.4, -0.2) is 22.6 Å². The zero-order chi connectivity index (χ0) is 17.1. The van der Waals surface area contributed by atoms with Crippen LogP contribution < -0.4 is 16.2 Å². The van der Waals surface area contributed by atoms with Crippen molar-refractivity contribution in [1.82, 2.24) is 9.55 Å². The molecular formula is C18H23FN4O. The van der Waals surface area contributed by atoms with Crippen LogP contribution in [0.15, 0.2) is 41.6 Å². The molecule has 24 heavy (non-hydrogen) atoms. The van der Waals surface area contributed by atoms with Crippen molar-refractivity contribution in [3.8, 4) is 0 Å². The van der Waals surface area contributed by atoms with Gasteiger partial charge in [-0.3, -0.25) is 9.78 Å². The van der Waals surface area contributed by atoms with Gasteiger partial charge < -0.3 is 15.2 Å². The van der Waals surface area contributed by atoms with Crippen LogP contribution >= 0.6 is 0 Å². The second kappa shape index (κ2) is 7.13. The maximum Gasteiger partial charge on any atom is 0.256 e. The molecule has 2 aromatic heterocycles. The smallest absolute Gasteiger partial charge is 0.256 e. The summed E-state index contributed by atoms with van der Waals surface area (Å²) in [6.07, 6.45) is 6.58. The fourth-order valence-electron chi connectivity index (χ4n) is 3.33. The molecule has 6 heteroatoms. The minimum absolute atomic E-state index is 0.114. The Bertz CT molecular complexity index is 746. The quantitative estimate of drug-likeness (QED) is 0.914. The second-order valence-corrected chi connectivity index (χ2v) is 6.47. The molecule has 128 valence electrons. The molecule has 0 unspecified atom stereocenters. The summed E-state index contributed by atoms with van der Waals surface area (Å²) in [4.78, 5) is 19.1. The average molecular weight is 330 g/mol. The molecule has 3 rings (SSSR count). The molecule has 0 aliphatic carbocycles. The summed E-state index contributed by atoms with van der Waals surface area (Å²) in [5, 5.41) is 0. The van der Waals surface area contributed by atoms with E-state index >= 15 is 0 Å². The summed E-state index contributed by atoms with van der Waals surface area (Å²) in [5.74, 6) is -0.262. The topological polar surface area (TPSA) is 64.2 Å². The first kappa shape index (κ1) is 16.6. The first-order chi connectivity index (χ1) is 11.6. The van der Waals surface area contributed by atoms with E-state index in [9.17, 15) is 9.18 Å². The lowest BCUT2D eigenvalue weighted by atomic mass is 10.1. The number of rotatable bonds is 5. The van der Waals surface area contributed by atoms with Crippen molar-refractivity contribution < 1.29 is 4.39 Å². The molecule has 2 atom stereocenters.